The summed E-state index contributed by atoms with van der Waals surface area (Å²) >= 11 is 0. The average molecular weight is 136 g/mol. The molecule has 0 bridgehead atoms. The van der Waals surface area contributed by atoms with Crippen molar-refractivity contribution in [3.63, 3.8) is 0 Å². The third kappa shape index (κ3) is 0.885. The lowest BCUT2D eigenvalue weighted by molar-refractivity contribution is -0.763. The first-order valence-electron chi connectivity index (χ1n) is 3.51. The second kappa shape index (κ2) is 2.34. The summed E-state index contributed by atoms with van der Waals surface area (Å²) in [5, 5.41) is 7.48. The van der Waals surface area contributed by atoms with Gasteiger partial charge in [-0.25, -0.2) is 0 Å². The minimum absolute atomic E-state index is 0.952. The molecule has 0 atom stereocenters. The topological polar surface area (TPSA) is 28.8 Å². The number of aromatic nitrogens is 2. The first kappa shape index (κ1) is 5.80. The minimum atomic E-state index is 0.952. The molecule has 0 unspecified atom stereocenters. The number of hydrogen-bond acceptors (Lipinski definition) is 2. The molecule has 1 N–H and O–H groups in total. The summed E-state index contributed by atoms with van der Waals surface area (Å²) in [7, 11) is 0. The fourth-order valence-electron chi connectivity index (χ4n) is 1.19. The molecule has 0 radical (unpaired) electrons. The van der Waals surface area contributed by atoms with Crippen LogP contribution < -0.4 is 10.00 Å². The Bertz CT molecular complexity index is 209. The maximum Gasteiger partial charge on any atom is 0.222 e. The second-order valence-corrected chi connectivity index (χ2v) is 2.41. The van der Waals surface area contributed by atoms with E-state index in [4.69, 9.17) is 0 Å². The van der Waals surface area contributed by atoms with E-state index in [2.05, 4.69) is 16.5 Å². The number of rotatable bonds is 0. The molecule has 1 aromatic heterocycles. The van der Waals surface area contributed by atoms with E-state index in [0.29, 0.717) is 0 Å². The van der Waals surface area contributed by atoms with Crippen LogP contribution in [0.25, 0.3) is 0 Å². The molecular formula is C7H10N3+. The van der Waals surface area contributed by atoms with Gasteiger partial charge in [-0.1, -0.05) is 4.68 Å². The molecule has 3 nitrogen and oxygen atoms in total. The monoisotopic (exact) mass is 136 g/mol. The van der Waals surface area contributed by atoms with Crippen LogP contribution in [0.1, 0.15) is 5.69 Å². The van der Waals surface area contributed by atoms with Crippen molar-refractivity contribution >= 4 is 0 Å². The second-order valence-electron chi connectivity index (χ2n) is 2.41. The highest BCUT2D eigenvalue weighted by atomic mass is 15.3. The molecule has 0 spiro atoms. The minimum Gasteiger partial charge on any atom is -0.301 e. The highest BCUT2D eigenvalue weighted by Crippen LogP contribution is 1.91. The molecule has 3 heteroatoms. The van der Waals surface area contributed by atoms with Crippen molar-refractivity contribution in [1.82, 2.24) is 10.4 Å². The molecule has 2 rings (SSSR count). The number of fused-ring (bicyclic) bond motifs is 1. The van der Waals surface area contributed by atoms with E-state index in [9.17, 15) is 0 Å². The zero-order valence-corrected chi connectivity index (χ0v) is 5.75. The van der Waals surface area contributed by atoms with Crippen LogP contribution >= 0.6 is 0 Å². The number of hydrogen-bond donors (Lipinski definition) is 1. The lowest BCUT2D eigenvalue weighted by Gasteiger charge is -2.07. The van der Waals surface area contributed by atoms with E-state index < -0.39 is 0 Å². The number of nitrogens with one attached hydrogen (secondary N) is 1. The van der Waals surface area contributed by atoms with Gasteiger partial charge < -0.3 is 5.32 Å². The van der Waals surface area contributed by atoms with Crippen LogP contribution in [-0.4, -0.2) is 11.6 Å². The lowest BCUT2D eigenvalue weighted by atomic mass is 10.3. The zero-order valence-electron chi connectivity index (χ0n) is 5.75. The molecule has 1 aromatic rings. The van der Waals surface area contributed by atoms with Gasteiger partial charge in [0.05, 0.1) is 19.3 Å². The highest BCUT2D eigenvalue weighted by Gasteiger charge is 2.14. The molecule has 1 aliphatic rings. The van der Waals surface area contributed by atoms with Crippen LogP contribution in [0.4, 0.5) is 0 Å². The van der Waals surface area contributed by atoms with Crippen molar-refractivity contribution in [1.29, 1.82) is 0 Å². The van der Waals surface area contributed by atoms with Gasteiger partial charge in [0.15, 0.2) is 6.54 Å². The molecule has 0 saturated heterocycles. The van der Waals surface area contributed by atoms with Gasteiger partial charge in [-0.2, -0.15) is 0 Å². The van der Waals surface area contributed by atoms with Crippen molar-refractivity contribution in [2.75, 3.05) is 6.54 Å². The maximum atomic E-state index is 4.20. The molecule has 1 aliphatic heterocycles. The van der Waals surface area contributed by atoms with Gasteiger partial charge in [0.1, 0.15) is 0 Å². The van der Waals surface area contributed by atoms with Gasteiger partial charge in [-0.05, 0) is 11.2 Å². The van der Waals surface area contributed by atoms with Gasteiger partial charge in [-0.15, -0.1) is 0 Å². The molecule has 0 aliphatic carbocycles. The summed E-state index contributed by atoms with van der Waals surface area (Å²) in [5.41, 5.74) is 1.27. The van der Waals surface area contributed by atoms with Gasteiger partial charge in [0.2, 0.25) is 5.69 Å². The summed E-state index contributed by atoms with van der Waals surface area (Å²) in [4.78, 5) is 0. The van der Waals surface area contributed by atoms with Gasteiger partial charge in [0.25, 0.3) is 0 Å². The molecule has 2 heterocycles. The van der Waals surface area contributed by atoms with E-state index >= 15 is 0 Å². The summed E-state index contributed by atoms with van der Waals surface area (Å²) < 4.78 is 2.04. The summed E-state index contributed by atoms with van der Waals surface area (Å²) in [6.45, 7) is 2.98. The zero-order chi connectivity index (χ0) is 6.81. The first-order valence-corrected chi connectivity index (χ1v) is 3.51. The Morgan fingerprint density at radius 3 is 3.50 bits per heavy atom. The Kier molecular flexibility index (Phi) is 1.36. The van der Waals surface area contributed by atoms with Crippen LogP contribution in [0.2, 0.25) is 0 Å². The van der Waals surface area contributed by atoms with E-state index in [-0.39, 0.29) is 0 Å². The van der Waals surface area contributed by atoms with Crippen molar-refractivity contribution in [2.24, 2.45) is 0 Å². The Morgan fingerprint density at radius 2 is 2.60 bits per heavy atom. The van der Waals surface area contributed by atoms with E-state index in [1.165, 1.54) is 5.69 Å². The summed E-state index contributed by atoms with van der Waals surface area (Å²) in [6, 6.07) is 4.07. The van der Waals surface area contributed by atoms with Crippen LogP contribution in [0.15, 0.2) is 18.3 Å². The van der Waals surface area contributed by atoms with Gasteiger partial charge in [-0.3, -0.25) is 0 Å². The summed E-state index contributed by atoms with van der Waals surface area (Å²) in [5.74, 6) is 0. The molecule has 10 heavy (non-hydrogen) atoms. The molecule has 52 valence electrons. The molecule has 0 amide bonds. The smallest absolute Gasteiger partial charge is 0.222 e. The maximum absolute atomic E-state index is 4.20. The van der Waals surface area contributed by atoms with Gasteiger partial charge >= 0.3 is 0 Å². The standard InChI is InChI=1S/C7H10N3/c1-2-7-6-8-4-5-10(7)9-3-1/h1-3,8H,4-6H2/q+1. The number of nitrogens with zero attached hydrogens (tertiary/aromatic N) is 2. The fraction of sp³-hybridized carbons (Fsp3) is 0.429. The average Bonchev–Trinajstić information content (AvgIpc) is 2.05. The quantitative estimate of drug-likeness (QED) is 0.486. The Balaban J connectivity index is 2.41. The molecule has 0 aromatic carbocycles. The Labute approximate surface area is 59.7 Å². The largest absolute Gasteiger partial charge is 0.301 e. The lowest BCUT2D eigenvalue weighted by Crippen LogP contribution is -2.51. The highest BCUT2D eigenvalue weighted by molar-refractivity contribution is 4.94. The fourth-order valence-corrected chi connectivity index (χ4v) is 1.19. The molecule has 0 saturated carbocycles. The summed E-state index contributed by atoms with van der Waals surface area (Å²) in [6.07, 6.45) is 1.83. The molecule has 0 fully saturated rings. The van der Waals surface area contributed by atoms with E-state index in [0.717, 1.165) is 19.6 Å². The predicted molar refractivity (Wildman–Crippen MR) is 36.1 cm³/mol. The van der Waals surface area contributed by atoms with E-state index in [1.807, 2.05) is 16.9 Å². The normalized spacial score (nSPS) is 16.4. The van der Waals surface area contributed by atoms with Crippen LogP contribution in [-0.2, 0) is 13.1 Å². The third-order valence-electron chi connectivity index (χ3n) is 1.72. The predicted octanol–water partition coefficient (Wildman–Crippen LogP) is -0.528. The molecular weight excluding hydrogens is 126 g/mol. The SMILES string of the molecule is c1cn[n+]2c(c1)CNCC2. The van der Waals surface area contributed by atoms with Crippen LogP contribution in [0.3, 0.4) is 0 Å². The van der Waals surface area contributed by atoms with Crippen molar-refractivity contribution in [2.45, 2.75) is 13.1 Å². The first-order chi connectivity index (χ1) is 4.97. The third-order valence-corrected chi connectivity index (χ3v) is 1.72. The Morgan fingerprint density at radius 1 is 1.60 bits per heavy atom. The van der Waals surface area contributed by atoms with Crippen LogP contribution in [0.5, 0.6) is 0 Å². The Hall–Kier alpha value is -0.960. The van der Waals surface area contributed by atoms with E-state index in [1.54, 1.807) is 0 Å². The van der Waals surface area contributed by atoms with Crippen LogP contribution in [0, 0.1) is 0 Å². The van der Waals surface area contributed by atoms with Crippen molar-refractivity contribution < 1.29 is 4.68 Å². The van der Waals surface area contributed by atoms with Gasteiger partial charge in [0, 0.05) is 6.07 Å². The van der Waals surface area contributed by atoms with Crippen molar-refractivity contribution in [3.05, 3.63) is 24.0 Å². The van der Waals surface area contributed by atoms with Crippen molar-refractivity contribution in [3.8, 4) is 0 Å².